The zero-order valence-corrected chi connectivity index (χ0v) is 16.4. The highest BCUT2D eigenvalue weighted by molar-refractivity contribution is 5.95. The van der Waals surface area contributed by atoms with E-state index in [-0.39, 0.29) is 17.9 Å². The smallest absolute Gasteiger partial charge is 0.253 e. The Kier molecular flexibility index (Phi) is 6.82. The number of hydrogen-bond donors (Lipinski definition) is 1. The average molecular weight is 370 g/mol. The molecule has 0 aliphatic rings. The fourth-order valence-corrected chi connectivity index (χ4v) is 2.52. The van der Waals surface area contributed by atoms with Gasteiger partial charge in [-0.05, 0) is 49.7 Å². The van der Waals surface area contributed by atoms with Crippen molar-refractivity contribution in [3.05, 3.63) is 59.2 Å². The lowest BCUT2D eigenvalue weighted by atomic mass is 10.1. The number of benzene rings is 2. The molecule has 144 valence electrons. The van der Waals surface area contributed by atoms with Crippen molar-refractivity contribution in [3.63, 3.8) is 0 Å². The van der Waals surface area contributed by atoms with Gasteiger partial charge in [0.05, 0.1) is 13.2 Å². The third-order valence-electron chi connectivity index (χ3n) is 3.82. The number of amides is 2. The molecule has 0 saturated heterocycles. The first kappa shape index (κ1) is 20.3. The van der Waals surface area contributed by atoms with Crippen LogP contribution in [0.2, 0.25) is 0 Å². The van der Waals surface area contributed by atoms with Gasteiger partial charge in [0, 0.05) is 31.8 Å². The number of nitrogens with one attached hydrogen (secondary N) is 1. The van der Waals surface area contributed by atoms with Crippen LogP contribution in [0.3, 0.4) is 0 Å². The number of methoxy groups -OCH3 is 1. The molecule has 6 heteroatoms. The Morgan fingerprint density at radius 2 is 1.78 bits per heavy atom. The maximum atomic E-state index is 12.5. The average Bonchev–Trinajstić information content (AvgIpc) is 2.65. The second-order valence-corrected chi connectivity index (χ2v) is 6.61. The van der Waals surface area contributed by atoms with Crippen molar-refractivity contribution < 1.29 is 19.1 Å². The molecule has 0 aromatic heterocycles. The molecule has 0 saturated carbocycles. The summed E-state index contributed by atoms with van der Waals surface area (Å²) in [6, 6.07) is 12.3. The van der Waals surface area contributed by atoms with Crippen molar-refractivity contribution in [1.29, 1.82) is 0 Å². The largest absolute Gasteiger partial charge is 0.493 e. The number of carbonyl (C=O) groups is 2. The fraction of sp³-hybridized carbons (Fsp3) is 0.333. The van der Waals surface area contributed by atoms with Gasteiger partial charge in [0.15, 0.2) is 11.5 Å². The summed E-state index contributed by atoms with van der Waals surface area (Å²) in [6.07, 6.45) is 0.00993. The number of rotatable bonds is 7. The zero-order valence-electron chi connectivity index (χ0n) is 16.4. The molecule has 0 aliphatic heterocycles. The van der Waals surface area contributed by atoms with E-state index in [9.17, 15) is 9.59 Å². The molecular weight excluding hydrogens is 344 g/mol. The summed E-state index contributed by atoms with van der Waals surface area (Å²) in [5.74, 6) is 0.802. The number of nitrogens with zero attached hydrogens (tertiary/aromatic N) is 1. The van der Waals surface area contributed by atoms with Gasteiger partial charge in [0.2, 0.25) is 0 Å². The van der Waals surface area contributed by atoms with Gasteiger partial charge in [-0.25, -0.2) is 0 Å². The third kappa shape index (κ3) is 5.48. The summed E-state index contributed by atoms with van der Waals surface area (Å²) < 4.78 is 11.0. The van der Waals surface area contributed by atoms with Crippen LogP contribution in [0.1, 0.15) is 40.1 Å². The molecule has 0 spiro atoms. The molecule has 0 unspecified atom stereocenters. The van der Waals surface area contributed by atoms with E-state index < -0.39 is 0 Å². The summed E-state index contributed by atoms with van der Waals surface area (Å²) in [5.41, 5.74) is 1.91. The molecule has 2 aromatic carbocycles. The minimum atomic E-state index is -0.228. The van der Waals surface area contributed by atoms with E-state index >= 15 is 0 Å². The van der Waals surface area contributed by atoms with Gasteiger partial charge in [-0.1, -0.05) is 12.1 Å². The Labute approximate surface area is 160 Å². The number of ether oxygens (including phenoxy) is 2. The normalized spacial score (nSPS) is 10.4. The van der Waals surface area contributed by atoms with Crippen LogP contribution >= 0.6 is 0 Å². The van der Waals surface area contributed by atoms with Crippen molar-refractivity contribution in [2.24, 2.45) is 0 Å². The molecule has 2 rings (SSSR count). The van der Waals surface area contributed by atoms with Crippen LogP contribution in [0.4, 0.5) is 0 Å². The Morgan fingerprint density at radius 3 is 2.41 bits per heavy atom. The van der Waals surface area contributed by atoms with Crippen LogP contribution in [-0.4, -0.2) is 44.0 Å². The topological polar surface area (TPSA) is 67.9 Å². The first-order valence-corrected chi connectivity index (χ1v) is 8.75. The Morgan fingerprint density at radius 1 is 1.04 bits per heavy atom. The van der Waals surface area contributed by atoms with Crippen LogP contribution in [0.5, 0.6) is 11.5 Å². The molecule has 0 fully saturated rings. The fourth-order valence-electron chi connectivity index (χ4n) is 2.52. The third-order valence-corrected chi connectivity index (χ3v) is 3.82. The van der Waals surface area contributed by atoms with Gasteiger partial charge in [-0.15, -0.1) is 0 Å². The quantitative estimate of drug-likeness (QED) is 0.813. The summed E-state index contributed by atoms with van der Waals surface area (Å²) in [6.45, 7) is 4.17. The van der Waals surface area contributed by atoms with E-state index in [1.807, 2.05) is 19.9 Å². The van der Waals surface area contributed by atoms with Gasteiger partial charge >= 0.3 is 0 Å². The van der Waals surface area contributed by atoms with Gasteiger partial charge in [-0.3, -0.25) is 9.59 Å². The maximum Gasteiger partial charge on any atom is 0.253 e. The standard InChI is InChI=1S/C21H26N2O4/c1-14(2)27-18-10-9-16(12-19(18)26-5)20(24)22-13-15-7-6-8-17(11-15)21(25)23(3)4/h6-12,14H,13H2,1-5H3,(H,22,24). The molecule has 27 heavy (non-hydrogen) atoms. The molecule has 2 aromatic rings. The Balaban J connectivity index is 2.08. The monoisotopic (exact) mass is 370 g/mol. The van der Waals surface area contributed by atoms with Crippen molar-refractivity contribution in [2.75, 3.05) is 21.2 Å². The molecule has 0 bridgehead atoms. The van der Waals surface area contributed by atoms with Crippen molar-refractivity contribution >= 4 is 11.8 Å². The van der Waals surface area contributed by atoms with Gasteiger partial charge < -0.3 is 19.7 Å². The number of hydrogen-bond acceptors (Lipinski definition) is 4. The van der Waals surface area contributed by atoms with Crippen molar-refractivity contribution in [1.82, 2.24) is 10.2 Å². The summed E-state index contributed by atoms with van der Waals surface area (Å²) in [7, 11) is 4.95. The van der Waals surface area contributed by atoms with Crippen LogP contribution in [-0.2, 0) is 6.54 Å². The lowest BCUT2D eigenvalue weighted by molar-refractivity contribution is 0.0827. The van der Waals surface area contributed by atoms with Crippen molar-refractivity contribution in [2.45, 2.75) is 26.5 Å². The van der Waals surface area contributed by atoms with E-state index in [0.717, 1.165) is 5.56 Å². The van der Waals surface area contributed by atoms with Gasteiger partial charge in [-0.2, -0.15) is 0 Å². The Bertz CT molecular complexity index is 816. The van der Waals surface area contributed by atoms with E-state index in [1.165, 1.54) is 12.0 Å². The van der Waals surface area contributed by atoms with Crippen LogP contribution < -0.4 is 14.8 Å². The lowest BCUT2D eigenvalue weighted by Crippen LogP contribution is -2.24. The predicted octanol–water partition coefficient (Wildman–Crippen LogP) is 3.11. The molecule has 1 N–H and O–H groups in total. The first-order chi connectivity index (χ1) is 12.8. The molecule has 6 nitrogen and oxygen atoms in total. The molecule has 0 heterocycles. The predicted molar refractivity (Wildman–Crippen MR) is 104 cm³/mol. The van der Waals surface area contributed by atoms with E-state index in [4.69, 9.17) is 9.47 Å². The first-order valence-electron chi connectivity index (χ1n) is 8.75. The molecule has 0 radical (unpaired) electrons. The number of carbonyl (C=O) groups excluding carboxylic acids is 2. The van der Waals surface area contributed by atoms with Gasteiger partial charge in [0.1, 0.15) is 0 Å². The van der Waals surface area contributed by atoms with Crippen LogP contribution in [0.15, 0.2) is 42.5 Å². The molecule has 2 amide bonds. The SMILES string of the molecule is COc1cc(C(=O)NCc2cccc(C(=O)N(C)C)c2)ccc1OC(C)C. The second kappa shape index (κ2) is 9.07. The minimum absolute atomic E-state index is 0.00993. The summed E-state index contributed by atoms with van der Waals surface area (Å²) in [4.78, 5) is 26.0. The van der Waals surface area contributed by atoms with Crippen molar-refractivity contribution in [3.8, 4) is 11.5 Å². The second-order valence-electron chi connectivity index (χ2n) is 6.61. The summed E-state index contributed by atoms with van der Waals surface area (Å²) in [5, 5.41) is 2.86. The minimum Gasteiger partial charge on any atom is -0.493 e. The maximum absolute atomic E-state index is 12.5. The van der Waals surface area contributed by atoms with E-state index in [2.05, 4.69) is 5.32 Å². The Hall–Kier alpha value is -3.02. The van der Waals surface area contributed by atoms with E-state index in [0.29, 0.717) is 29.2 Å². The highest BCUT2D eigenvalue weighted by Gasteiger charge is 2.13. The van der Waals surface area contributed by atoms with Crippen LogP contribution in [0, 0.1) is 0 Å². The summed E-state index contributed by atoms with van der Waals surface area (Å²) >= 11 is 0. The molecule has 0 aliphatic carbocycles. The molecular formula is C21H26N2O4. The molecule has 0 atom stereocenters. The van der Waals surface area contributed by atoms with Gasteiger partial charge in [0.25, 0.3) is 11.8 Å². The zero-order chi connectivity index (χ0) is 20.0. The van der Waals surface area contributed by atoms with E-state index in [1.54, 1.807) is 50.5 Å². The lowest BCUT2D eigenvalue weighted by Gasteiger charge is -2.14. The highest BCUT2D eigenvalue weighted by atomic mass is 16.5. The van der Waals surface area contributed by atoms with Crippen LogP contribution in [0.25, 0.3) is 0 Å². The highest BCUT2D eigenvalue weighted by Crippen LogP contribution is 2.29.